The van der Waals surface area contributed by atoms with Crippen LogP contribution in [-0.4, -0.2) is 31.5 Å². The number of anilines is 2. The lowest BCUT2D eigenvalue weighted by atomic mass is 10.0. The molecule has 0 saturated heterocycles. The molecule has 2 N–H and O–H groups in total. The van der Waals surface area contributed by atoms with Gasteiger partial charge in [0.1, 0.15) is 0 Å². The molecular weight excluding hydrogens is 388 g/mol. The fourth-order valence-electron chi connectivity index (χ4n) is 3.12. The van der Waals surface area contributed by atoms with Gasteiger partial charge in [-0.3, -0.25) is 30.3 Å². The van der Waals surface area contributed by atoms with Crippen LogP contribution in [0.1, 0.15) is 23.6 Å². The van der Waals surface area contributed by atoms with E-state index in [0.29, 0.717) is 5.56 Å². The van der Waals surface area contributed by atoms with Crippen LogP contribution >= 0.6 is 0 Å². The van der Waals surface area contributed by atoms with E-state index in [1.165, 1.54) is 30.4 Å². The molecule has 0 saturated carbocycles. The fourth-order valence-corrected chi connectivity index (χ4v) is 3.12. The molecule has 10 heteroatoms. The number of carbonyl (C=O) groups is 2. The molecule has 150 valence electrons. The number of amides is 2. The van der Waals surface area contributed by atoms with Crippen molar-refractivity contribution in [3.05, 3.63) is 81.9 Å². The maximum absolute atomic E-state index is 12.2. The first-order chi connectivity index (χ1) is 14.5. The van der Waals surface area contributed by atoms with Gasteiger partial charge in [-0.2, -0.15) is 4.98 Å². The van der Waals surface area contributed by atoms with E-state index in [1.54, 1.807) is 10.7 Å². The maximum atomic E-state index is 12.2. The van der Waals surface area contributed by atoms with Gasteiger partial charge in [0.05, 0.1) is 17.4 Å². The first-order valence-electron chi connectivity index (χ1n) is 9.04. The minimum absolute atomic E-state index is 0.0434. The second kappa shape index (κ2) is 7.95. The topological polar surface area (TPSA) is 132 Å². The third-order valence-electron chi connectivity index (χ3n) is 4.48. The number of rotatable bonds is 5. The van der Waals surface area contributed by atoms with Crippen LogP contribution < -0.4 is 10.6 Å². The Balaban J connectivity index is 1.51. The molecule has 2 amide bonds. The van der Waals surface area contributed by atoms with Crippen LogP contribution in [0.2, 0.25) is 0 Å². The van der Waals surface area contributed by atoms with Crippen molar-refractivity contribution in [3.8, 4) is 0 Å². The summed E-state index contributed by atoms with van der Waals surface area (Å²) in [5, 5.41) is 20.3. The molecular formula is C20H16N6O4. The van der Waals surface area contributed by atoms with Gasteiger partial charge in [-0.15, -0.1) is 5.10 Å². The molecule has 0 fully saturated rings. The number of fused-ring (bicyclic) bond motifs is 1. The van der Waals surface area contributed by atoms with Crippen LogP contribution in [0.5, 0.6) is 0 Å². The molecule has 2 heterocycles. The van der Waals surface area contributed by atoms with Gasteiger partial charge in [0, 0.05) is 18.2 Å². The molecule has 1 aliphatic heterocycles. The van der Waals surface area contributed by atoms with Crippen molar-refractivity contribution < 1.29 is 14.5 Å². The molecule has 1 atom stereocenters. The molecule has 3 aromatic rings. The lowest BCUT2D eigenvalue weighted by Crippen LogP contribution is -2.29. The monoisotopic (exact) mass is 404 g/mol. The highest BCUT2D eigenvalue weighted by Gasteiger charge is 2.29. The van der Waals surface area contributed by atoms with E-state index in [0.717, 1.165) is 5.56 Å². The minimum atomic E-state index is -0.507. The zero-order valence-corrected chi connectivity index (χ0v) is 15.6. The molecule has 0 radical (unpaired) electrons. The SMILES string of the molecule is O=C(C=Cc1cccc([N+](=O)[O-])c1)Nc1nc2n(n1)C(c1ccccc1)CC(=O)N2. The van der Waals surface area contributed by atoms with Crippen LogP contribution in [0.3, 0.4) is 0 Å². The summed E-state index contributed by atoms with van der Waals surface area (Å²) in [6.07, 6.45) is 2.89. The molecule has 2 aromatic carbocycles. The van der Waals surface area contributed by atoms with Crippen LogP contribution in [0.15, 0.2) is 60.7 Å². The van der Waals surface area contributed by atoms with E-state index in [9.17, 15) is 19.7 Å². The molecule has 1 aromatic heterocycles. The summed E-state index contributed by atoms with van der Waals surface area (Å²) in [5.41, 5.74) is 1.35. The number of benzene rings is 2. The molecule has 0 aliphatic carbocycles. The van der Waals surface area contributed by atoms with E-state index in [4.69, 9.17) is 0 Å². The zero-order valence-electron chi connectivity index (χ0n) is 15.6. The minimum Gasteiger partial charge on any atom is -0.295 e. The number of aromatic nitrogens is 3. The second-order valence-electron chi connectivity index (χ2n) is 6.56. The molecule has 0 spiro atoms. The average Bonchev–Trinajstić information content (AvgIpc) is 3.14. The van der Waals surface area contributed by atoms with Gasteiger partial charge in [0.25, 0.3) is 17.5 Å². The second-order valence-corrected chi connectivity index (χ2v) is 6.56. The Morgan fingerprint density at radius 1 is 1.23 bits per heavy atom. The summed E-state index contributed by atoms with van der Waals surface area (Å²) < 4.78 is 1.57. The first-order valence-corrected chi connectivity index (χ1v) is 9.04. The van der Waals surface area contributed by atoms with Crippen molar-refractivity contribution in [3.63, 3.8) is 0 Å². The molecule has 0 bridgehead atoms. The number of nitro benzene ring substituents is 1. The summed E-state index contributed by atoms with van der Waals surface area (Å²) in [5.74, 6) is -0.404. The molecule has 10 nitrogen and oxygen atoms in total. The highest BCUT2D eigenvalue weighted by Crippen LogP contribution is 2.29. The van der Waals surface area contributed by atoms with Gasteiger partial charge in [-0.25, -0.2) is 4.68 Å². The van der Waals surface area contributed by atoms with Crippen LogP contribution in [0.4, 0.5) is 17.6 Å². The fraction of sp³-hybridized carbons (Fsp3) is 0.100. The number of hydrogen-bond acceptors (Lipinski definition) is 6. The predicted molar refractivity (Wildman–Crippen MR) is 109 cm³/mol. The third kappa shape index (κ3) is 4.07. The molecule has 4 rings (SSSR count). The molecule has 30 heavy (non-hydrogen) atoms. The maximum Gasteiger partial charge on any atom is 0.270 e. The summed E-state index contributed by atoms with van der Waals surface area (Å²) in [7, 11) is 0. The van der Waals surface area contributed by atoms with Crippen LogP contribution in [0, 0.1) is 10.1 Å². The van der Waals surface area contributed by atoms with Gasteiger partial charge in [0.2, 0.25) is 11.9 Å². The quantitative estimate of drug-likeness (QED) is 0.382. The standard InChI is InChI=1S/C20H16N6O4/c27-17(10-9-13-5-4-8-15(11-13)26(29)30)21-19-23-20-22-18(28)12-16(25(20)24-19)14-6-2-1-3-7-14/h1-11,16H,12H2,(H2,21,22,23,24,27,28). The number of non-ortho nitro benzene ring substituents is 1. The predicted octanol–water partition coefficient (Wildman–Crippen LogP) is 2.77. The van der Waals surface area contributed by atoms with E-state index in [2.05, 4.69) is 20.7 Å². The lowest BCUT2D eigenvalue weighted by molar-refractivity contribution is -0.384. The summed E-state index contributed by atoms with van der Waals surface area (Å²) in [6, 6.07) is 15.0. The Labute approximate surface area is 170 Å². The number of carbonyl (C=O) groups excluding carboxylic acids is 2. The normalized spacial score (nSPS) is 15.5. The van der Waals surface area contributed by atoms with Gasteiger partial charge in [-0.05, 0) is 17.2 Å². The molecule has 1 unspecified atom stereocenters. The van der Waals surface area contributed by atoms with E-state index in [-0.39, 0.29) is 36.0 Å². The van der Waals surface area contributed by atoms with Crippen LogP contribution in [-0.2, 0) is 9.59 Å². The van der Waals surface area contributed by atoms with Crippen molar-refractivity contribution >= 4 is 35.5 Å². The number of hydrogen-bond donors (Lipinski definition) is 2. The van der Waals surface area contributed by atoms with E-state index < -0.39 is 10.8 Å². The Bertz CT molecular complexity index is 1160. The van der Waals surface area contributed by atoms with Gasteiger partial charge in [-0.1, -0.05) is 42.5 Å². The Morgan fingerprint density at radius 2 is 2.03 bits per heavy atom. The third-order valence-corrected chi connectivity index (χ3v) is 4.48. The van der Waals surface area contributed by atoms with Crippen molar-refractivity contribution in [2.24, 2.45) is 0 Å². The van der Waals surface area contributed by atoms with Gasteiger partial charge >= 0.3 is 0 Å². The van der Waals surface area contributed by atoms with Crippen molar-refractivity contribution in [1.82, 2.24) is 14.8 Å². The molecule has 1 aliphatic rings. The average molecular weight is 404 g/mol. The zero-order chi connectivity index (χ0) is 21.1. The van der Waals surface area contributed by atoms with Gasteiger partial charge < -0.3 is 0 Å². The van der Waals surface area contributed by atoms with E-state index >= 15 is 0 Å². The largest absolute Gasteiger partial charge is 0.295 e. The van der Waals surface area contributed by atoms with Crippen LogP contribution in [0.25, 0.3) is 6.08 Å². The smallest absolute Gasteiger partial charge is 0.270 e. The van der Waals surface area contributed by atoms with E-state index in [1.807, 2.05) is 30.3 Å². The number of nitrogens with zero attached hydrogens (tertiary/aromatic N) is 4. The van der Waals surface area contributed by atoms with Crippen molar-refractivity contribution in [2.75, 3.05) is 10.6 Å². The number of nitrogens with one attached hydrogen (secondary N) is 2. The summed E-state index contributed by atoms with van der Waals surface area (Å²) in [6.45, 7) is 0. The van der Waals surface area contributed by atoms with Crippen molar-refractivity contribution in [1.29, 1.82) is 0 Å². The van der Waals surface area contributed by atoms with Crippen molar-refractivity contribution in [2.45, 2.75) is 12.5 Å². The highest BCUT2D eigenvalue weighted by atomic mass is 16.6. The summed E-state index contributed by atoms with van der Waals surface area (Å²) in [4.78, 5) is 38.8. The Morgan fingerprint density at radius 3 is 2.80 bits per heavy atom. The van der Waals surface area contributed by atoms with Gasteiger partial charge in [0.15, 0.2) is 0 Å². The lowest BCUT2D eigenvalue weighted by Gasteiger charge is -2.23. The highest BCUT2D eigenvalue weighted by molar-refractivity contribution is 6.01. The number of nitro groups is 1. The summed E-state index contributed by atoms with van der Waals surface area (Å²) >= 11 is 0. The Hall–Kier alpha value is -4.34. The Kier molecular flexibility index (Phi) is 5.04. The first kappa shape index (κ1) is 19.0.